The van der Waals surface area contributed by atoms with E-state index in [4.69, 9.17) is 16.3 Å². The van der Waals surface area contributed by atoms with Crippen molar-refractivity contribution in [1.82, 2.24) is 10.6 Å². The van der Waals surface area contributed by atoms with Crippen LogP contribution in [-0.2, 0) is 14.3 Å². The highest BCUT2D eigenvalue weighted by Crippen LogP contribution is 2.57. The third-order valence-electron chi connectivity index (χ3n) is 7.77. The molecule has 0 saturated heterocycles. The van der Waals surface area contributed by atoms with E-state index in [1.165, 1.54) is 0 Å². The Morgan fingerprint density at radius 2 is 1.85 bits per heavy atom. The zero-order valence-corrected chi connectivity index (χ0v) is 19.0. The summed E-state index contributed by atoms with van der Waals surface area (Å²) in [5.74, 6) is -0.0729. The maximum atomic E-state index is 13.0. The van der Waals surface area contributed by atoms with Crippen molar-refractivity contribution in [3.63, 3.8) is 0 Å². The van der Waals surface area contributed by atoms with Gasteiger partial charge >= 0.3 is 6.36 Å². The van der Waals surface area contributed by atoms with Gasteiger partial charge in [0.25, 0.3) is 5.91 Å². The highest BCUT2D eigenvalue weighted by molar-refractivity contribution is 6.30. The highest BCUT2D eigenvalue weighted by atomic mass is 35.5. The van der Waals surface area contributed by atoms with Crippen LogP contribution in [0.1, 0.15) is 63.0 Å². The number of aliphatic hydroxyl groups is 1. The minimum atomic E-state index is -4.67. The number of hydrogen-bond acceptors (Lipinski definition) is 5. The van der Waals surface area contributed by atoms with E-state index in [1.54, 1.807) is 18.2 Å². The molecule has 1 aliphatic heterocycles. The number of amides is 2. The van der Waals surface area contributed by atoms with Crippen molar-refractivity contribution in [3.8, 4) is 5.75 Å². The van der Waals surface area contributed by atoms with E-state index < -0.39 is 35.6 Å². The van der Waals surface area contributed by atoms with Crippen LogP contribution in [-0.4, -0.2) is 47.1 Å². The summed E-state index contributed by atoms with van der Waals surface area (Å²) in [7, 11) is 0. The molecular formula is C23H26ClF3N2O5. The van der Waals surface area contributed by atoms with Gasteiger partial charge < -0.3 is 20.5 Å². The van der Waals surface area contributed by atoms with Gasteiger partial charge in [-0.1, -0.05) is 11.6 Å². The Bertz CT molecular complexity index is 989. The SMILES string of the molecule is O=C(NC12CCC(C(=O)NC3CC(OC(F)(F)F)C3)(CC1)C2)[C@H]1C[C@@H](O)c2cc(Cl)ccc2O1. The van der Waals surface area contributed by atoms with Gasteiger partial charge in [0.05, 0.1) is 17.6 Å². The van der Waals surface area contributed by atoms with Crippen molar-refractivity contribution in [1.29, 1.82) is 0 Å². The number of fused-ring (bicyclic) bond motifs is 3. The molecule has 0 radical (unpaired) electrons. The largest absolute Gasteiger partial charge is 0.522 e. The third kappa shape index (κ3) is 4.47. The molecule has 0 aromatic heterocycles. The standard InChI is InChI=1S/C23H26ClF3N2O5/c24-12-1-2-17-15(7-12)16(30)10-18(33-17)19(31)29-22-5-3-21(11-22,4-6-22)20(32)28-13-8-14(9-13)34-23(25,26)27/h1-2,7,13-14,16,18,30H,3-6,8-11H2,(H,28,32)(H,29,31)/t13?,14?,16-,18-,21?,22?/m1/s1. The molecule has 5 rings (SSSR count). The highest BCUT2D eigenvalue weighted by Gasteiger charge is 2.59. The fourth-order valence-corrected chi connectivity index (χ4v) is 6.09. The molecule has 3 N–H and O–H groups in total. The first-order chi connectivity index (χ1) is 16.0. The number of nitrogens with one attached hydrogen (secondary N) is 2. The fraction of sp³-hybridized carbons (Fsp3) is 0.652. The molecule has 186 valence electrons. The minimum Gasteiger partial charge on any atom is -0.480 e. The van der Waals surface area contributed by atoms with Crippen LogP contribution in [0.5, 0.6) is 5.75 Å². The molecule has 1 aromatic carbocycles. The van der Waals surface area contributed by atoms with Crippen molar-refractivity contribution in [2.45, 2.75) is 87.6 Å². The molecule has 3 fully saturated rings. The van der Waals surface area contributed by atoms with E-state index in [2.05, 4.69) is 15.4 Å². The van der Waals surface area contributed by atoms with Crippen LogP contribution in [0.3, 0.4) is 0 Å². The molecule has 1 heterocycles. The molecule has 0 unspecified atom stereocenters. The van der Waals surface area contributed by atoms with Gasteiger partial charge in [0, 0.05) is 28.6 Å². The van der Waals surface area contributed by atoms with E-state index in [1.807, 2.05) is 0 Å². The van der Waals surface area contributed by atoms with E-state index in [-0.39, 0.29) is 37.1 Å². The number of alkyl halides is 3. The maximum absolute atomic E-state index is 13.0. The Labute approximate surface area is 199 Å². The van der Waals surface area contributed by atoms with E-state index in [9.17, 15) is 27.9 Å². The quantitative estimate of drug-likeness (QED) is 0.572. The molecule has 0 spiro atoms. The van der Waals surface area contributed by atoms with Crippen LogP contribution in [0.15, 0.2) is 18.2 Å². The summed E-state index contributed by atoms with van der Waals surface area (Å²) in [6.45, 7) is 0. The molecule has 2 atom stereocenters. The van der Waals surface area contributed by atoms with E-state index >= 15 is 0 Å². The lowest BCUT2D eigenvalue weighted by Crippen LogP contribution is -2.52. The number of carbonyl (C=O) groups excluding carboxylic acids is 2. The average Bonchev–Trinajstić information content (AvgIpc) is 3.29. The topological polar surface area (TPSA) is 96.9 Å². The summed E-state index contributed by atoms with van der Waals surface area (Å²) in [6.07, 6.45) is -3.99. The summed E-state index contributed by atoms with van der Waals surface area (Å²) in [5, 5.41) is 16.9. The second-order valence-corrected chi connectivity index (χ2v) is 10.5. The zero-order chi connectivity index (χ0) is 24.3. The Morgan fingerprint density at radius 3 is 2.53 bits per heavy atom. The van der Waals surface area contributed by atoms with Crippen molar-refractivity contribution in [2.75, 3.05) is 0 Å². The normalized spacial score (nSPS) is 36.3. The van der Waals surface area contributed by atoms with Crippen LogP contribution >= 0.6 is 11.6 Å². The lowest BCUT2D eigenvalue weighted by Gasteiger charge is -2.38. The van der Waals surface area contributed by atoms with Gasteiger partial charge in [0.2, 0.25) is 5.91 Å². The predicted octanol–water partition coefficient (Wildman–Crippen LogP) is 3.53. The van der Waals surface area contributed by atoms with Gasteiger partial charge in [0.15, 0.2) is 6.10 Å². The summed E-state index contributed by atoms with van der Waals surface area (Å²) < 4.78 is 46.7. The number of hydrogen-bond donors (Lipinski definition) is 3. The second kappa shape index (κ2) is 8.27. The van der Waals surface area contributed by atoms with Gasteiger partial charge in [-0.15, -0.1) is 13.2 Å². The summed E-state index contributed by atoms with van der Waals surface area (Å²) in [4.78, 5) is 26.0. The Balaban J connectivity index is 1.16. The lowest BCUT2D eigenvalue weighted by molar-refractivity contribution is -0.351. The van der Waals surface area contributed by atoms with Crippen LogP contribution in [0, 0.1) is 5.41 Å². The van der Waals surface area contributed by atoms with Crippen LogP contribution in [0.25, 0.3) is 0 Å². The van der Waals surface area contributed by atoms with Crippen molar-refractivity contribution < 1.29 is 37.3 Å². The van der Waals surface area contributed by atoms with Crippen molar-refractivity contribution >= 4 is 23.4 Å². The molecule has 11 heteroatoms. The fourth-order valence-electron chi connectivity index (χ4n) is 5.91. The molecule has 34 heavy (non-hydrogen) atoms. The summed E-state index contributed by atoms with van der Waals surface area (Å²) >= 11 is 5.98. The Morgan fingerprint density at radius 1 is 1.15 bits per heavy atom. The van der Waals surface area contributed by atoms with Gasteiger partial charge in [-0.2, -0.15) is 0 Å². The summed E-state index contributed by atoms with van der Waals surface area (Å²) in [6, 6.07) is 4.55. The average molecular weight is 503 g/mol. The third-order valence-corrected chi connectivity index (χ3v) is 8.01. The maximum Gasteiger partial charge on any atom is 0.522 e. The minimum absolute atomic E-state index is 0.101. The molecule has 2 amide bonds. The first kappa shape index (κ1) is 23.7. The first-order valence-electron chi connectivity index (χ1n) is 11.5. The molecule has 4 aliphatic rings. The number of ether oxygens (including phenoxy) is 2. The lowest BCUT2D eigenvalue weighted by atomic mass is 9.81. The van der Waals surface area contributed by atoms with Crippen LogP contribution in [0.4, 0.5) is 13.2 Å². The van der Waals surface area contributed by atoms with Crippen molar-refractivity contribution in [3.05, 3.63) is 28.8 Å². The molecule has 7 nitrogen and oxygen atoms in total. The molecule has 2 bridgehead atoms. The molecule has 1 aromatic rings. The number of benzene rings is 1. The van der Waals surface area contributed by atoms with E-state index in [0.29, 0.717) is 48.4 Å². The van der Waals surface area contributed by atoms with Crippen LogP contribution < -0.4 is 15.4 Å². The second-order valence-electron chi connectivity index (χ2n) is 10.1. The van der Waals surface area contributed by atoms with E-state index in [0.717, 1.165) is 0 Å². The summed E-state index contributed by atoms with van der Waals surface area (Å²) in [5.41, 5.74) is -0.601. The number of halogens is 4. The van der Waals surface area contributed by atoms with Crippen molar-refractivity contribution in [2.24, 2.45) is 5.41 Å². The molecule has 3 saturated carbocycles. The number of aliphatic hydroxyl groups excluding tert-OH is 1. The van der Waals surface area contributed by atoms with Gasteiger partial charge in [-0.3, -0.25) is 14.3 Å². The smallest absolute Gasteiger partial charge is 0.480 e. The van der Waals surface area contributed by atoms with Crippen LogP contribution in [0.2, 0.25) is 5.02 Å². The van der Waals surface area contributed by atoms with Gasteiger partial charge in [-0.05, 0) is 63.1 Å². The number of carbonyl (C=O) groups is 2. The molecule has 3 aliphatic carbocycles. The Kier molecular flexibility index (Phi) is 5.76. The Hall–Kier alpha value is -2.04. The van der Waals surface area contributed by atoms with Gasteiger partial charge in [0.1, 0.15) is 5.75 Å². The monoisotopic (exact) mass is 502 g/mol. The number of rotatable bonds is 5. The zero-order valence-electron chi connectivity index (χ0n) is 18.3. The predicted molar refractivity (Wildman–Crippen MR) is 114 cm³/mol. The molecular weight excluding hydrogens is 477 g/mol. The van der Waals surface area contributed by atoms with Gasteiger partial charge in [-0.25, -0.2) is 0 Å². The first-order valence-corrected chi connectivity index (χ1v) is 11.9.